The Morgan fingerprint density at radius 2 is 1.96 bits per heavy atom. The molecular weight excluding hydrogens is 336 g/mol. The first-order valence-corrected chi connectivity index (χ1v) is 9.88. The summed E-state index contributed by atoms with van der Waals surface area (Å²) < 4.78 is 1.91. The number of likely N-dealkylation sites (N-methyl/N-ethyl adjacent to an activating group) is 1. The molecule has 0 atom stereocenters. The van der Waals surface area contributed by atoms with Crippen LogP contribution >= 0.6 is 0 Å². The van der Waals surface area contributed by atoms with Crippen molar-refractivity contribution in [2.24, 2.45) is 4.99 Å². The fourth-order valence-electron chi connectivity index (χ4n) is 3.77. The molecule has 2 aromatic rings. The van der Waals surface area contributed by atoms with E-state index in [1.807, 2.05) is 36.1 Å². The third-order valence-electron chi connectivity index (χ3n) is 5.35. The van der Waals surface area contributed by atoms with Crippen LogP contribution in [0.5, 0.6) is 0 Å². The highest BCUT2D eigenvalue weighted by atomic mass is 15.3. The van der Waals surface area contributed by atoms with Crippen LogP contribution in [0.1, 0.15) is 31.2 Å². The Hall–Kier alpha value is -2.34. The van der Waals surface area contributed by atoms with Gasteiger partial charge in [0.1, 0.15) is 0 Å². The Bertz CT molecular complexity index is 717. The number of hydrogen-bond donors (Lipinski definition) is 1. The number of rotatable bonds is 7. The Labute approximate surface area is 162 Å². The van der Waals surface area contributed by atoms with Gasteiger partial charge in [0.25, 0.3) is 0 Å². The van der Waals surface area contributed by atoms with Gasteiger partial charge in [0, 0.05) is 51.5 Å². The van der Waals surface area contributed by atoms with E-state index >= 15 is 0 Å². The van der Waals surface area contributed by atoms with E-state index in [2.05, 4.69) is 57.6 Å². The maximum atomic E-state index is 4.48. The average molecular weight is 369 g/mol. The number of nitrogens with one attached hydrogen (secondary N) is 1. The summed E-state index contributed by atoms with van der Waals surface area (Å²) in [5, 5.41) is 7.97. The van der Waals surface area contributed by atoms with Gasteiger partial charge in [0.15, 0.2) is 5.96 Å². The highest BCUT2D eigenvalue weighted by Crippen LogP contribution is 2.21. The van der Waals surface area contributed by atoms with Crippen LogP contribution in [0.15, 0.2) is 47.7 Å². The van der Waals surface area contributed by atoms with Gasteiger partial charge in [-0.1, -0.05) is 31.0 Å². The van der Waals surface area contributed by atoms with E-state index in [-0.39, 0.29) is 0 Å². The quantitative estimate of drug-likeness (QED) is 0.603. The summed E-state index contributed by atoms with van der Waals surface area (Å²) in [6, 6.07) is 10.9. The molecule has 1 aromatic heterocycles. The maximum Gasteiger partial charge on any atom is 0.193 e. The maximum absolute atomic E-state index is 4.48. The topological polar surface area (TPSA) is 48.7 Å². The van der Waals surface area contributed by atoms with E-state index in [4.69, 9.17) is 0 Å². The van der Waals surface area contributed by atoms with Gasteiger partial charge in [-0.2, -0.15) is 5.10 Å². The number of nitrogens with zero attached hydrogens (tertiary/aromatic N) is 5. The molecule has 0 saturated heterocycles. The molecule has 6 heteroatoms. The third-order valence-corrected chi connectivity index (χ3v) is 5.35. The number of aromatic nitrogens is 2. The van der Waals surface area contributed by atoms with Gasteiger partial charge in [-0.05, 0) is 32.0 Å². The molecule has 0 amide bonds. The lowest BCUT2D eigenvalue weighted by Crippen LogP contribution is -2.43. The summed E-state index contributed by atoms with van der Waals surface area (Å²) in [5.41, 5.74) is 2.23. The van der Waals surface area contributed by atoms with Crippen molar-refractivity contribution in [1.82, 2.24) is 24.9 Å². The molecule has 1 aromatic carbocycles. The van der Waals surface area contributed by atoms with Crippen molar-refractivity contribution < 1.29 is 0 Å². The number of guanidine groups is 1. The monoisotopic (exact) mass is 368 g/mol. The lowest BCUT2D eigenvalue weighted by Gasteiger charge is -2.26. The highest BCUT2D eigenvalue weighted by molar-refractivity contribution is 5.79. The van der Waals surface area contributed by atoms with Crippen LogP contribution in [-0.2, 0) is 6.54 Å². The second kappa shape index (κ2) is 9.55. The molecule has 1 aliphatic rings. The average Bonchev–Trinajstić information content (AvgIpc) is 3.38. The van der Waals surface area contributed by atoms with Crippen molar-refractivity contribution >= 4 is 5.96 Å². The standard InChI is InChI=1S/C21H32N6/c1-22-21(23-13-14-25(2)19-9-7-8-10-19)26(3)16-18-15-24-27(17-18)20-11-5-4-6-12-20/h4-6,11-12,15,17,19H,7-10,13-14,16H2,1-3H3,(H,22,23). The second-order valence-electron chi connectivity index (χ2n) is 7.38. The molecule has 0 spiro atoms. The highest BCUT2D eigenvalue weighted by Gasteiger charge is 2.19. The lowest BCUT2D eigenvalue weighted by molar-refractivity contribution is 0.248. The summed E-state index contributed by atoms with van der Waals surface area (Å²) in [5.74, 6) is 0.919. The van der Waals surface area contributed by atoms with Crippen LogP contribution in [0.3, 0.4) is 0 Å². The van der Waals surface area contributed by atoms with Crippen molar-refractivity contribution in [3.63, 3.8) is 0 Å². The largest absolute Gasteiger partial charge is 0.355 e. The van der Waals surface area contributed by atoms with Crippen LogP contribution in [0.25, 0.3) is 5.69 Å². The fraction of sp³-hybridized carbons (Fsp3) is 0.524. The molecule has 0 bridgehead atoms. The van der Waals surface area contributed by atoms with Gasteiger partial charge in [-0.3, -0.25) is 4.99 Å². The Morgan fingerprint density at radius 1 is 1.22 bits per heavy atom. The van der Waals surface area contributed by atoms with Gasteiger partial charge >= 0.3 is 0 Å². The molecule has 1 fully saturated rings. The molecule has 1 aliphatic carbocycles. The van der Waals surface area contributed by atoms with Crippen molar-refractivity contribution in [2.75, 3.05) is 34.2 Å². The normalized spacial score (nSPS) is 15.5. The number of hydrogen-bond acceptors (Lipinski definition) is 3. The van der Waals surface area contributed by atoms with Gasteiger partial charge in [0.2, 0.25) is 0 Å². The van der Waals surface area contributed by atoms with Crippen molar-refractivity contribution in [3.05, 3.63) is 48.3 Å². The van der Waals surface area contributed by atoms with Crippen LogP contribution < -0.4 is 5.32 Å². The van der Waals surface area contributed by atoms with Crippen LogP contribution in [0, 0.1) is 0 Å². The summed E-state index contributed by atoms with van der Waals surface area (Å²) in [7, 11) is 6.14. The van der Waals surface area contributed by atoms with E-state index in [1.54, 1.807) is 0 Å². The molecule has 27 heavy (non-hydrogen) atoms. The minimum Gasteiger partial charge on any atom is -0.355 e. The van der Waals surface area contributed by atoms with Gasteiger partial charge in [0.05, 0.1) is 11.9 Å². The summed E-state index contributed by atoms with van der Waals surface area (Å²) in [6.45, 7) is 2.72. The Morgan fingerprint density at radius 3 is 2.67 bits per heavy atom. The van der Waals surface area contributed by atoms with E-state index in [0.717, 1.165) is 42.9 Å². The molecule has 1 heterocycles. The van der Waals surface area contributed by atoms with Gasteiger partial charge in [-0.25, -0.2) is 4.68 Å². The molecule has 6 nitrogen and oxygen atoms in total. The molecule has 1 N–H and O–H groups in total. The first-order valence-electron chi connectivity index (χ1n) is 9.88. The molecule has 0 radical (unpaired) electrons. The zero-order valence-electron chi connectivity index (χ0n) is 16.8. The van der Waals surface area contributed by atoms with E-state index < -0.39 is 0 Å². The molecular formula is C21H32N6. The van der Waals surface area contributed by atoms with Crippen molar-refractivity contribution in [3.8, 4) is 5.69 Å². The Balaban J connectivity index is 1.48. The van der Waals surface area contributed by atoms with E-state index in [1.165, 1.54) is 25.7 Å². The Kier molecular flexibility index (Phi) is 6.87. The van der Waals surface area contributed by atoms with Gasteiger partial charge < -0.3 is 15.1 Å². The van der Waals surface area contributed by atoms with Gasteiger partial charge in [-0.15, -0.1) is 0 Å². The zero-order valence-corrected chi connectivity index (χ0v) is 16.8. The summed E-state index contributed by atoms with van der Waals surface area (Å²) in [6.07, 6.45) is 9.44. The number of para-hydroxylation sites is 1. The molecule has 0 aliphatic heterocycles. The van der Waals surface area contributed by atoms with Crippen LogP contribution in [0.4, 0.5) is 0 Å². The lowest BCUT2D eigenvalue weighted by atomic mass is 10.2. The zero-order chi connectivity index (χ0) is 19.1. The number of aliphatic imine (C=N–C) groups is 1. The fourth-order valence-corrected chi connectivity index (χ4v) is 3.77. The summed E-state index contributed by atoms with van der Waals surface area (Å²) in [4.78, 5) is 9.05. The molecule has 146 valence electrons. The SMILES string of the molecule is CN=C(NCCN(C)C1CCCC1)N(C)Cc1cnn(-c2ccccc2)c1. The first kappa shape index (κ1) is 19.4. The van der Waals surface area contributed by atoms with E-state index in [0.29, 0.717) is 0 Å². The molecule has 1 saturated carbocycles. The minimum atomic E-state index is 0.760. The van der Waals surface area contributed by atoms with Crippen molar-refractivity contribution in [1.29, 1.82) is 0 Å². The molecule has 0 unspecified atom stereocenters. The predicted molar refractivity (Wildman–Crippen MR) is 111 cm³/mol. The van der Waals surface area contributed by atoms with Crippen LogP contribution in [-0.4, -0.2) is 65.8 Å². The smallest absolute Gasteiger partial charge is 0.193 e. The first-order chi connectivity index (χ1) is 13.2. The number of benzene rings is 1. The molecule has 3 rings (SSSR count). The second-order valence-corrected chi connectivity index (χ2v) is 7.38. The minimum absolute atomic E-state index is 0.760. The third kappa shape index (κ3) is 5.32. The van der Waals surface area contributed by atoms with Crippen LogP contribution in [0.2, 0.25) is 0 Å². The predicted octanol–water partition coefficient (Wildman–Crippen LogP) is 2.75. The summed E-state index contributed by atoms with van der Waals surface area (Å²) >= 11 is 0. The van der Waals surface area contributed by atoms with E-state index in [9.17, 15) is 0 Å². The van der Waals surface area contributed by atoms with Crippen molar-refractivity contribution in [2.45, 2.75) is 38.3 Å².